The number of rotatable bonds is 3. The van der Waals surface area contributed by atoms with Gasteiger partial charge in [0.05, 0.1) is 14.2 Å². The summed E-state index contributed by atoms with van der Waals surface area (Å²) in [4.78, 5) is 0. The van der Waals surface area contributed by atoms with Crippen LogP contribution in [0.3, 0.4) is 0 Å². The van der Waals surface area contributed by atoms with Gasteiger partial charge in [0.1, 0.15) is 0 Å². The number of nitrogens with one attached hydrogen (secondary N) is 1. The van der Waals surface area contributed by atoms with Crippen LogP contribution in [0.5, 0.6) is 11.5 Å². The summed E-state index contributed by atoms with van der Waals surface area (Å²) >= 11 is 0. The summed E-state index contributed by atoms with van der Waals surface area (Å²) in [6.45, 7) is 1.09. The summed E-state index contributed by atoms with van der Waals surface area (Å²) in [5.74, 6) is 1.66. The minimum absolute atomic E-state index is 0. The average molecular weight is 230 g/mol. The molecule has 1 atom stereocenters. The highest BCUT2D eigenvalue weighted by molar-refractivity contribution is 5.85. The maximum absolute atomic E-state index is 5.36. The Morgan fingerprint density at radius 2 is 2.00 bits per heavy atom. The number of ether oxygens (including phenoxy) is 2. The van der Waals surface area contributed by atoms with Crippen LogP contribution in [0, 0.1) is 0 Å². The van der Waals surface area contributed by atoms with Gasteiger partial charge in [-0.2, -0.15) is 0 Å². The van der Waals surface area contributed by atoms with Crippen molar-refractivity contribution >= 4 is 12.4 Å². The fourth-order valence-corrected chi connectivity index (χ4v) is 1.74. The van der Waals surface area contributed by atoms with E-state index in [0.717, 1.165) is 18.0 Å². The van der Waals surface area contributed by atoms with Crippen molar-refractivity contribution in [3.63, 3.8) is 0 Å². The zero-order chi connectivity index (χ0) is 9.97. The zero-order valence-electron chi connectivity index (χ0n) is 8.95. The molecule has 1 saturated heterocycles. The molecule has 0 spiro atoms. The molecule has 1 heterocycles. The molecule has 4 heteroatoms. The standard InChI is InChI=1S/C11H15NO2.ClH/c1-13-10-5-3-4-8(11(10)14-2)9-6-7-12-9;/h3-5,9,12H,6-7H2,1-2H3;1H/t9-;/m1./s1. The van der Waals surface area contributed by atoms with Crippen LogP contribution in [0.4, 0.5) is 0 Å². The molecule has 1 aliphatic heterocycles. The van der Waals surface area contributed by atoms with Gasteiger partial charge >= 0.3 is 0 Å². The molecule has 0 amide bonds. The van der Waals surface area contributed by atoms with Crippen molar-refractivity contribution in [2.24, 2.45) is 0 Å². The molecule has 84 valence electrons. The minimum Gasteiger partial charge on any atom is -0.493 e. The van der Waals surface area contributed by atoms with Gasteiger partial charge in [-0.05, 0) is 19.0 Å². The van der Waals surface area contributed by atoms with Crippen molar-refractivity contribution in [3.05, 3.63) is 23.8 Å². The molecule has 1 aromatic rings. The number of benzene rings is 1. The lowest BCUT2D eigenvalue weighted by atomic mass is 9.97. The normalized spacial score (nSPS) is 18.7. The molecule has 0 aliphatic carbocycles. The predicted octanol–water partition coefficient (Wildman–Crippen LogP) is 2.16. The third-order valence-corrected chi connectivity index (χ3v) is 2.63. The quantitative estimate of drug-likeness (QED) is 0.862. The molecule has 1 N–H and O–H groups in total. The van der Waals surface area contributed by atoms with E-state index >= 15 is 0 Å². The number of methoxy groups -OCH3 is 2. The van der Waals surface area contributed by atoms with Crippen molar-refractivity contribution in [2.75, 3.05) is 20.8 Å². The second-order valence-corrected chi connectivity index (χ2v) is 3.38. The van der Waals surface area contributed by atoms with Gasteiger partial charge in [0.15, 0.2) is 11.5 Å². The Morgan fingerprint density at radius 1 is 1.27 bits per heavy atom. The van der Waals surface area contributed by atoms with E-state index < -0.39 is 0 Å². The van der Waals surface area contributed by atoms with Crippen LogP contribution in [0.2, 0.25) is 0 Å². The van der Waals surface area contributed by atoms with Crippen LogP contribution in [0.15, 0.2) is 18.2 Å². The van der Waals surface area contributed by atoms with Crippen molar-refractivity contribution in [1.29, 1.82) is 0 Å². The van der Waals surface area contributed by atoms with Crippen LogP contribution in [0.1, 0.15) is 18.0 Å². The Labute approximate surface area is 96.2 Å². The first kappa shape index (κ1) is 12.1. The first-order chi connectivity index (χ1) is 6.86. The largest absolute Gasteiger partial charge is 0.493 e. The molecular formula is C11H16ClNO2. The molecule has 2 rings (SSSR count). The second kappa shape index (κ2) is 5.24. The summed E-state index contributed by atoms with van der Waals surface area (Å²) in [5, 5.41) is 3.35. The fraction of sp³-hybridized carbons (Fsp3) is 0.455. The Hall–Kier alpha value is -0.930. The molecule has 1 aliphatic rings. The van der Waals surface area contributed by atoms with Gasteiger partial charge in [-0.1, -0.05) is 12.1 Å². The smallest absolute Gasteiger partial charge is 0.165 e. The molecule has 0 aromatic heterocycles. The number of hydrogen-bond donors (Lipinski definition) is 1. The van der Waals surface area contributed by atoms with E-state index in [9.17, 15) is 0 Å². The topological polar surface area (TPSA) is 30.5 Å². The Kier molecular flexibility index (Phi) is 4.24. The maximum Gasteiger partial charge on any atom is 0.165 e. The van der Waals surface area contributed by atoms with E-state index in [4.69, 9.17) is 9.47 Å². The van der Waals surface area contributed by atoms with Crippen LogP contribution in [-0.2, 0) is 0 Å². The summed E-state index contributed by atoms with van der Waals surface area (Å²) in [7, 11) is 3.34. The highest BCUT2D eigenvalue weighted by atomic mass is 35.5. The molecule has 0 unspecified atom stereocenters. The maximum atomic E-state index is 5.36. The molecule has 0 bridgehead atoms. The lowest BCUT2D eigenvalue weighted by Gasteiger charge is -2.29. The summed E-state index contributed by atoms with van der Waals surface area (Å²) < 4.78 is 10.6. The third kappa shape index (κ3) is 2.19. The minimum atomic E-state index is 0. The van der Waals surface area contributed by atoms with Gasteiger partial charge in [-0.3, -0.25) is 0 Å². The highest BCUT2D eigenvalue weighted by Crippen LogP contribution is 2.37. The highest BCUT2D eigenvalue weighted by Gasteiger charge is 2.23. The Morgan fingerprint density at radius 3 is 2.47 bits per heavy atom. The fourth-order valence-electron chi connectivity index (χ4n) is 1.74. The first-order valence-corrected chi connectivity index (χ1v) is 4.81. The number of para-hydroxylation sites is 1. The van der Waals surface area contributed by atoms with E-state index in [2.05, 4.69) is 11.4 Å². The van der Waals surface area contributed by atoms with Gasteiger partial charge in [0, 0.05) is 11.6 Å². The van der Waals surface area contributed by atoms with Crippen LogP contribution < -0.4 is 14.8 Å². The van der Waals surface area contributed by atoms with E-state index in [0.29, 0.717) is 6.04 Å². The van der Waals surface area contributed by atoms with Crippen LogP contribution in [0.25, 0.3) is 0 Å². The Balaban J connectivity index is 0.00000112. The van der Waals surface area contributed by atoms with Crippen LogP contribution >= 0.6 is 12.4 Å². The molecule has 1 fully saturated rings. The summed E-state index contributed by atoms with van der Waals surface area (Å²) in [6.07, 6.45) is 1.17. The SMILES string of the molecule is COc1cccc([C@H]2CCN2)c1OC.Cl. The molecule has 15 heavy (non-hydrogen) atoms. The van der Waals surface area contributed by atoms with E-state index in [-0.39, 0.29) is 12.4 Å². The molecule has 3 nitrogen and oxygen atoms in total. The first-order valence-electron chi connectivity index (χ1n) is 4.81. The molecule has 1 aromatic carbocycles. The predicted molar refractivity (Wildman–Crippen MR) is 62.2 cm³/mol. The molecule has 0 saturated carbocycles. The average Bonchev–Trinajstić information content (AvgIpc) is 2.15. The lowest BCUT2D eigenvalue weighted by Crippen LogP contribution is -2.35. The third-order valence-electron chi connectivity index (χ3n) is 2.63. The molecule has 0 radical (unpaired) electrons. The van der Waals surface area contributed by atoms with Crippen molar-refractivity contribution in [2.45, 2.75) is 12.5 Å². The van der Waals surface area contributed by atoms with Gasteiger partial charge < -0.3 is 14.8 Å². The summed E-state index contributed by atoms with van der Waals surface area (Å²) in [6, 6.07) is 6.43. The monoisotopic (exact) mass is 229 g/mol. The number of halogens is 1. The van der Waals surface area contributed by atoms with E-state index in [1.165, 1.54) is 12.0 Å². The summed E-state index contributed by atoms with van der Waals surface area (Å²) in [5.41, 5.74) is 1.19. The van der Waals surface area contributed by atoms with Crippen LogP contribution in [-0.4, -0.2) is 20.8 Å². The van der Waals surface area contributed by atoms with Crippen molar-refractivity contribution in [1.82, 2.24) is 5.32 Å². The van der Waals surface area contributed by atoms with Gasteiger partial charge in [-0.15, -0.1) is 12.4 Å². The Bertz CT molecular complexity index is 326. The molecular weight excluding hydrogens is 214 g/mol. The second-order valence-electron chi connectivity index (χ2n) is 3.38. The van der Waals surface area contributed by atoms with Gasteiger partial charge in [0.25, 0.3) is 0 Å². The van der Waals surface area contributed by atoms with E-state index in [1.807, 2.05) is 12.1 Å². The zero-order valence-corrected chi connectivity index (χ0v) is 9.76. The van der Waals surface area contributed by atoms with Crippen molar-refractivity contribution in [3.8, 4) is 11.5 Å². The number of hydrogen-bond acceptors (Lipinski definition) is 3. The van der Waals surface area contributed by atoms with Gasteiger partial charge in [-0.25, -0.2) is 0 Å². The van der Waals surface area contributed by atoms with Gasteiger partial charge in [0.2, 0.25) is 0 Å². The lowest BCUT2D eigenvalue weighted by molar-refractivity contribution is 0.328. The van der Waals surface area contributed by atoms with E-state index in [1.54, 1.807) is 14.2 Å². The van der Waals surface area contributed by atoms with Crippen molar-refractivity contribution < 1.29 is 9.47 Å².